The van der Waals surface area contributed by atoms with Gasteiger partial charge >= 0.3 is 0 Å². The van der Waals surface area contributed by atoms with Crippen LogP contribution in [0.25, 0.3) is 139 Å². The summed E-state index contributed by atoms with van der Waals surface area (Å²) in [5.41, 5.74) is 25.0. The summed E-state index contributed by atoms with van der Waals surface area (Å²) in [5.74, 6) is -0.0625. The summed E-state index contributed by atoms with van der Waals surface area (Å²) >= 11 is 0. The molecule has 0 atom stereocenters. The molecule has 649 valence electrons. The number of aryl methyl sites for hydroxylation is 3. The zero-order chi connectivity index (χ0) is 85.7. The zero-order valence-corrected chi connectivity index (χ0v) is 84.0. The van der Waals surface area contributed by atoms with Gasteiger partial charge in [0.25, 0.3) is 0 Å². The number of rotatable bonds is 7. The molecule has 0 fully saturated rings. The number of carbonyl (C=O) groups excluding carboxylic acids is 1. The summed E-state index contributed by atoms with van der Waals surface area (Å²) in [6.07, 6.45) is 13.8. The van der Waals surface area contributed by atoms with Crippen LogP contribution < -0.4 is 5.10 Å². The standard InChI is InChI=1S/C24H19N2.C18H14N.C15H10N.C14H9N2.C12H14N3.2C11H8N.C5H8O2.5Ir/c1-15-11-12-21-20(13-15)18-9-4-5-10-19(18)24-25-14-22(26(21)24)23-16(2)7-6-8-17(23)3;1-18(2)14-8-4-3-7-13(14)17-16-12(10-11-19-17)6-5-9-15(16)18;1-2-7-13(8-3-1)15-14-9-5-4-6-12(14)10-11-16-15;1-2-6-11(7-3-1)14-12-8-4-5-9-13(12)15-10-16-14;1-12(2,3)11-8-10(14-15-11)9-6-4-5-7-13-9;2*1-2-6-10(7-3-1)11-8-4-5-9-12-11;1-4(6)3-5(2)7;;;;;/h4-9,11-14H,1-3H3;3-6,8-11H,1-2H3;1-7,9-11H;1-6,8-10H;4-8H,1-3H3;2*1-6,8-9H;3,6H,1-2H3;;;;;/q7*-1;;;;;;. The summed E-state index contributed by atoms with van der Waals surface area (Å²) in [6, 6.07) is 123. The van der Waals surface area contributed by atoms with E-state index in [1.807, 2.05) is 231 Å². The number of aliphatic hydroxyl groups is 1. The number of aromatic nitrogens is 11. The van der Waals surface area contributed by atoms with Crippen LogP contribution in [0.1, 0.15) is 82.0 Å². The molecule has 9 aromatic heterocycles. The van der Waals surface area contributed by atoms with Crippen LogP contribution in [-0.2, 0) is 116 Å². The Bertz CT molecular complexity index is 6680. The number of carbonyl (C=O) groups is 1. The second-order valence-electron chi connectivity index (χ2n) is 30.8. The van der Waals surface area contributed by atoms with E-state index in [0.29, 0.717) is 0 Å². The maximum absolute atomic E-state index is 10.0. The van der Waals surface area contributed by atoms with Crippen molar-refractivity contribution in [1.29, 1.82) is 0 Å². The molecule has 1 aliphatic rings. The van der Waals surface area contributed by atoms with Crippen molar-refractivity contribution in [2.24, 2.45) is 0 Å². The largest absolute Gasteiger partial charge is 0.573 e. The summed E-state index contributed by atoms with van der Waals surface area (Å²) in [5, 5.41) is 26.2. The maximum atomic E-state index is 10.0. The Morgan fingerprint density at radius 3 is 1.49 bits per heavy atom. The fourth-order valence-corrected chi connectivity index (χ4v) is 14.7. The first kappa shape index (κ1) is 99.7. The van der Waals surface area contributed by atoms with Crippen molar-refractivity contribution in [3.8, 4) is 78.9 Å². The quantitative estimate of drug-likeness (QED) is 0.0694. The molecule has 20 aromatic rings. The molecule has 18 heteroatoms. The van der Waals surface area contributed by atoms with Crippen LogP contribution in [0.15, 0.2) is 365 Å². The fourth-order valence-electron chi connectivity index (χ4n) is 14.7. The molecular formula is C110H90Ir5N11O2-7. The van der Waals surface area contributed by atoms with Crippen molar-refractivity contribution in [3.63, 3.8) is 0 Å². The van der Waals surface area contributed by atoms with E-state index < -0.39 is 0 Å². The van der Waals surface area contributed by atoms with Gasteiger partial charge in [0.2, 0.25) is 0 Å². The van der Waals surface area contributed by atoms with Gasteiger partial charge in [-0.2, -0.15) is 0 Å². The van der Waals surface area contributed by atoms with E-state index in [9.17, 15) is 4.79 Å². The summed E-state index contributed by atoms with van der Waals surface area (Å²) in [4.78, 5) is 45.1. The molecule has 1 aliphatic carbocycles. The first-order chi connectivity index (χ1) is 59.9. The van der Waals surface area contributed by atoms with Crippen LogP contribution in [0.3, 0.4) is 0 Å². The predicted molar refractivity (Wildman–Crippen MR) is 500 cm³/mol. The third-order valence-corrected chi connectivity index (χ3v) is 20.6. The molecule has 9 heterocycles. The number of allylic oxidation sites excluding steroid dienone is 2. The van der Waals surface area contributed by atoms with Gasteiger partial charge in [-0.1, -0.05) is 179 Å². The van der Waals surface area contributed by atoms with Gasteiger partial charge in [0.1, 0.15) is 6.33 Å². The SMILES string of the molecule is CC(=O)C=C(C)O.CC(C)(C)c1cc(-c2ccccn2)[n-]n1.CC1(C)c2ccc[c-]c2-c2nccc3cccc1c23.Cc1ccc2c(c1)c1ccc[c-]c1c1ncc(-c3c(C)cccc3C)n21.[Ir].[Ir].[Ir].[Ir].[Ir].[c-]1ccccc1-c1ccccn1.[c-]1ccccc1-c1ccccn1.[c-]1ccccc1-c1nccc2ccccc12.[c-]1ccccc1-c1ncnc2ccccc12. The van der Waals surface area contributed by atoms with Crippen LogP contribution in [0.2, 0.25) is 0 Å². The molecule has 21 rings (SSSR count). The zero-order valence-electron chi connectivity index (χ0n) is 72.0. The van der Waals surface area contributed by atoms with Gasteiger partial charge in [-0.15, -0.1) is 209 Å². The molecule has 0 amide bonds. The Kier molecular flexibility index (Phi) is 37.1. The van der Waals surface area contributed by atoms with E-state index >= 15 is 0 Å². The van der Waals surface area contributed by atoms with Gasteiger partial charge in [0, 0.05) is 172 Å². The van der Waals surface area contributed by atoms with Gasteiger partial charge in [-0.25, -0.2) is 4.98 Å². The average Bonchev–Trinajstić information content (AvgIpc) is 1.27. The molecule has 0 aliphatic heterocycles. The van der Waals surface area contributed by atoms with Crippen molar-refractivity contribution in [3.05, 3.63) is 435 Å². The second-order valence-corrected chi connectivity index (χ2v) is 30.8. The van der Waals surface area contributed by atoms with Crippen molar-refractivity contribution in [1.82, 2.24) is 54.5 Å². The average molecular weight is 2560 g/mol. The number of para-hydroxylation sites is 1. The Morgan fingerprint density at radius 2 is 0.930 bits per heavy atom. The van der Waals surface area contributed by atoms with Crippen molar-refractivity contribution in [2.45, 2.75) is 80.1 Å². The van der Waals surface area contributed by atoms with Crippen molar-refractivity contribution < 1.29 is 110 Å². The minimum absolute atomic E-state index is 0. The third-order valence-electron chi connectivity index (χ3n) is 20.6. The van der Waals surface area contributed by atoms with E-state index in [-0.39, 0.29) is 123 Å². The number of fused-ring (bicyclic) bond motifs is 10. The smallest absolute Gasteiger partial charge is 0.155 e. The first-order valence-electron chi connectivity index (χ1n) is 40.6. The van der Waals surface area contributed by atoms with Crippen LogP contribution in [-0.4, -0.2) is 60.3 Å². The Balaban J connectivity index is 0.000000168. The number of aliphatic hydroxyl groups excluding tert-OH is 1. The van der Waals surface area contributed by atoms with E-state index in [1.165, 1.54) is 91.1 Å². The molecule has 0 saturated heterocycles. The monoisotopic (exact) mass is 2560 g/mol. The summed E-state index contributed by atoms with van der Waals surface area (Å²) in [6.45, 7) is 20.3. The minimum Gasteiger partial charge on any atom is -0.573 e. The van der Waals surface area contributed by atoms with Gasteiger partial charge in [-0.3, -0.25) is 19.7 Å². The van der Waals surface area contributed by atoms with Crippen LogP contribution in [0, 0.1) is 57.2 Å². The molecule has 11 aromatic carbocycles. The number of hydrogen-bond donors (Lipinski definition) is 1. The van der Waals surface area contributed by atoms with E-state index in [0.717, 1.165) is 101 Å². The minimum atomic E-state index is -0.125. The first-order valence-corrected chi connectivity index (χ1v) is 40.6. The van der Waals surface area contributed by atoms with E-state index in [1.54, 1.807) is 24.9 Å². The topological polar surface area (TPSA) is 172 Å². The normalized spacial score (nSPS) is 11.1. The fraction of sp³-hybridized carbons (Fsp3) is 0.109. The molecular weight excluding hydrogens is 2470 g/mol. The second kappa shape index (κ2) is 47.6. The number of hydrogen-bond acceptors (Lipinski definition) is 11. The molecule has 0 unspecified atom stereocenters. The van der Waals surface area contributed by atoms with Crippen molar-refractivity contribution >= 4 is 65.6 Å². The number of ketones is 1. The number of pyridine rings is 6. The molecule has 1 N–H and O–H groups in total. The molecule has 5 radical (unpaired) electrons. The Morgan fingerprint density at radius 1 is 0.430 bits per heavy atom. The number of imidazole rings is 1. The number of benzene rings is 11. The van der Waals surface area contributed by atoms with E-state index in [4.69, 9.17) is 10.1 Å². The van der Waals surface area contributed by atoms with Crippen molar-refractivity contribution in [2.75, 3.05) is 0 Å². The Labute approximate surface area is 816 Å². The van der Waals surface area contributed by atoms with Crippen LogP contribution >= 0.6 is 0 Å². The van der Waals surface area contributed by atoms with Gasteiger partial charge in [-0.05, 0) is 166 Å². The van der Waals surface area contributed by atoms with Crippen LogP contribution in [0.5, 0.6) is 0 Å². The van der Waals surface area contributed by atoms with Gasteiger partial charge < -0.3 is 39.6 Å². The van der Waals surface area contributed by atoms with Gasteiger partial charge in [0.15, 0.2) is 5.78 Å². The van der Waals surface area contributed by atoms with E-state index in [2.05, 4.69) is 238 Å². The molecule has 128 heavy (non-hydrogen) atoms. The molecule has 0 saturated carbocycles. The van der Waals surface area contributed by atoms with Gasteiger partial charge in [0.05, 0.1) is 22.6 Å². The molecule has 0 bridgehead atoms. The third kappa shape index (κ3) is 24.6. The summed E-state index contributed by atoms with van der Waals surface area (Å²) in [7, 11) is 0. The predicted octanol–water partition coefficient (Wildman–Crippen LogP) is 25.7. The molecule has 13 nitrogen and oxygen atoms in total. The molecule has 0 spiro atoms. The Hall–Kier alpha value is -12.1. The summed E-state index contributed by atoms with van der Waals surface area (Å²) < 4.78 is 2.29. The maximum Gasteiger partial charge on any atom is 0.155 e. The number of nitrogens with zero attached hydrogens (tertiary/aromatic N) is 11. The van der Waals surface area contributed by atoms with Crippen LogP contribution in [0.4, 0.5) is 0 Å².